The van der Waals surface area contributed by atoms with Crippen molar-refractivity contribution in [2.24, 2.45) is 4.99 Å². The molecule has 3 nitrogen and oxygen atoms in total. The van der Waals surface area contributed by atoms with Gasteiger partial charge in [-0.15, -0.1) is 0 Å². The van der Waals surface area contributed by atoms with Gasteiger partial charge in [-0.3, -0.25) is 4.99 Å². The van der Waals surface area contributed by atoms with E-state index in [0.717, 1.165) is 19.0 Å². The Morgan fingerprint density at radius 3 is 2.68 bits per heavy atom. The quantitative estimate of drug-likeness (QED) is 0.663. The average Bonchev–Trinajstić information content (AvgIpc) is 2.41. The van der Waals surface area contributed by atoms with Crippen molar-refractivity contribution in [3.63, 3.8) is 0 Å². The van der Waals surface area contributed by atoms with Crippen LogP contribution in [0.5, 0.6) is 0 Å². The van der Waals surface area contributed by atoms with Gasteiger partial charge in [-0.2, -0.15) is 11.8 Å². The summed E-state index contributed by atoms with van der Waals surface area (Å²) in [6.45, 7) is 6.17. The molecule has 0 radical (unpaired) electrons. The standard InChI is InChI=1S/C15H25N3S/c1-12-8-6-7-9-14(12)11-18(4)15(16-3)17-10-13(2)19-5/h6-9,13H,10-11H2,1-5H3,(H,16,17). The maximum Gasteiger partial charge on any atom is 0.193 e. The normalized spacial score (nSPS) is 13.2. The van der Waals surface area contributed by atoms with Crippen molar-refractivity contribution in [2.75, 3.05) is 26.9 Å². The third-order valence-corrected chi connectivity index (χ3v) is 4.16. The van der Waals surface area contributed by atoms with E-state index in [0.29, 0.717) is 5.25 Å². The van der Waals surface area contributed by atoms with Crippen molar-refractivity contribution in [1.29, 1.82) is 0 Å². The van der Waals surface area contributed by atoms with Crippen molar-refractivity contribution in [2.45, 2.75) is 25.6 Å². The van der Waals surface area contributed by atoms with Crippen molar-refractivity contribution < 1.29 is 0 Å². The van der Waals surface area contributed by atoms with Crippen LogP contribution in [0.1, 0.15) is 18.1 Å². The second-order valence-corrected chi connectivity index (χ2v) is 6.03. The molecule has 1 aromatic rings. The Kier molecular flexibility index (Phi) is 6.78. The molecular weight excluding hydrogens is 254 g/mol. The SMILES string of the molecule is CN=C(NCC(C)SC)N(C)Cc1ccccc1C. The molecular formula is C15H25N3S. The van der Waals surface area contributed by atoms with E-state index < -0.39 is 0 Å². The predicted molar refractivity (Wildman–Crippen MR) is 87.0 cm³/mol. The number of aryl methyl sites for hydroxylation is 1. The highest BCUT2D eigenvalue weighted by molar-refractivity contribution is 7.99. The highest BCUT2D eigenvalue weighted by Crippen LogP contribution is 2.09. The number of hydrogen-bond acceptors (Lipinski definition) is 2. The van der Waals surface area contributed by atoms with Gasteiger partial charge in [0, 0.05) is 32.4 Å². The second-order valence-electron chi connectivity index (χ2n) is 4.76. The Morgan fingerprint density at radius 1 is 1.42 bits per heavy atom. The van der Waals surface area contributed by atoms with Gasteiger partial charge in [-0.05, 0) is 24.3 Å². The van der Waals surface area contributed by atoms with Gasteiger partial charge in [0.2, 0.25) is 0 Å². The molecule has 0 aliphatic rings. The lowest BCUT2D eigenvalue weighted by atomic mass is 10.1. The minimum atomic E-state index is 0.587. The van der Waals surface area contributed by atoms with Crippen LogP contribution < -0.4 is 5.32 Å². The molecule has 1 unspecified atom stereocenters. The summed E-state index contributed by atoms with van der Waals surface area (Å²) in [4.78, 5) is 6.50. The summed E-state index contributed by atoms with van der Waals surface area (Å²) in [5.41, 5.74) is 2.66. The summed E-state index contributed by atoms with van der Waals surface area (Å²) >= 11 is 1.86. The molecule has 0 saturated carbocycles. The summed E-state index contributed by atoms with van der Waals surface area (Å²) in [5, 5.41) is 4.00. The summed E-state index contributed by atoms with van der Waals surface area (Å²) in [6.07, 6.45) is 2.13. The molecule has 1 aromatic carbocycles. The lowest BCUT2D eigenvalue weighted by Gasteiger charge is -2.24. The molecule has 0 bridgehead atoms. The molecule has 0 aliphatic carbocycles. The Bertz CT molecular complexity index is 418. The zero-order chi connectivity index (χ0) is 14.3. The fourth-order valence-electron chi connectivity index (χ4n) is 1.82. The van der Waals surface area contributed by atoms with E-state index in [9.17, 15) is 0 Å². The lowest BCUT2D eigenvalue weighted by molar-refractivity contribution is 0.476. The van der Waals surface area contributed by atoms with E-state index in [2.05, 4.69) is 66.6 Å². The number of guanidine groups is 1. The zero-order valence-electron chi connectivity index (χ0n) is 12.6. The summed E-state index contributed by atoms with van der Waals surface area (Å²) in [5.74, 6) is 0.948. The Labute approximate surface area is 121 Å². The monoisotopic (exact) mass is 279 g/mol. The number of nitrogens with zero attached hydrogens (tertiary/aromatic N) is 2. The summed E-state index contributed by atoms with van der Waals surface area (Å²) < 4.78 is 0. The maximum atomic E-state index is 4.34. The Balaban J connectivity index is 2.60. The largest absolute Gasteiger partial charge is 0.355 e. The highest BCUT2D eigenvalue weighted by Gasteiger charge is 2.08. The van der Waals surface area contributed by atoms with E-state index in [1.165, 1.54) is 11.1 Å². The zero-order valence-corrected chi connectivity index (χ0v) is 13.4. The number of nitrogens with one attached hydrogen (secondary N) is 1. The van der Waals surface area contributed by atoms with Crippen molar-refractivity contribution >= 4 is 17.7 Å². The van der Waals surface area contributed by atoms with Crippen molar-refractivity contribution in [3.05, 3.63) is 35.4 Å². The Hall–Kier alpha value is -1.16. The van der Waals surface area contributed by atoms with Crippen LogP contribution in [-0.4, -0.2) is 43.0 Å². The van der Waals surface area contributed by atoms with E-state index in [4.69, 9.17) is 0 Å². The fraction of sp³-hybridized carbons (Fsp3) is 0.533. The molecule has 0 saturated heterocycles. The first-order valence-electron chi connectivity index (χ1n) is 6.57. The molecule has 19 heavy (non-hydrogen) atoms. The highest BCUT2D eigenvalue weighted by atomic mass is 32.2. The van der Waals surface area contributed by atoms with E-state index in [-0.39, 0.29) is 0 Å². The molecule has 106 valence electrons. The van der Waals surface area contributed by atoms with Crippen LogP contribution >= 0.6 is 11.8 Å². The number of hydrogen-bond donors (Lipinski definition) is 1. The number of benzene rings is 1. The van der Waals surface area contributed by atoms with Crippen LogP contribution in [0.15, 0.2) is 29.3 Å². The van der Waals surface area contributed by atoms with Gasteiger partial charge in [0.05, 0.1) is 0 Å². The first kappa shape index (κ1) is 15.9. The second kappa shape index (κ2) is 8.10. The lowest BCUT2D eigenvalue weighted by Crippen LogP contribution is -2.40. The van der Waals surface area contributed by atoms with E-state index in [1.54, 1.807) is 0 Å². The molecule has 0 fully saturated rings. The van der Waals surface area contributed by atoms with Crippen molar-refractivity contribution in [3.8, 4) is 0 Å². The van der Waals surface area contributed by atoms with Crippen LogP contribution in [0.2, 0.25) is 0 Å². The van der Waals surface area contributed by atoms with Gasteiger partial charge in [-0.1, -0.05) is 31.2 Å². The molecule has 1 N–H and O–H groups in total. The molecule has 0 aromatic heterocycles. The predicted octanol–water partition coefficient (Wildman–Crippen LogP) is 2.75. The number of thioether (sulfide) groups is 1. The van der Waals surface area contributed by atoms with Gasteiger partial charge in [0.15, 0.2) is 5.96 Å². The molecule has 1 atom stereocenters. The molecule has 0 amide bonds. The van der Waals surface area contributed by atoms with Crippen LogP contribution in [0.4, 0.5) is 0 Å². The van der Waals surface area contributed by atoms with Gasteiger partial charge >= 0.3 is 0 Å². The van der Waals surface area contributed by atoms with Gasteiger partial charge < -0.3 is 10.2 Å². The maximum absolute atomic E-state index is 4.34. The molecule has 1 rings (SSSR count). The van der Waals surface area contributed by atoms with E-state index in [1.807, 2.05) is 18.8 Å². The topological polar surface area (TPSA) is 27.6 Å². The Morgan fingerprint density at radius 2 is 2.11 bits per heavy atom. The smallest absolute Gasteiger partial charge is 0.193 e. The number of aliphatic imine (C=N–C) groups is 1. The third kappa shape index (κ3) is 5.15. The van der Waals surface area contributed by atoms with Crippen LogP contribution in [0.25, 0.3) is 0 Å². The minimum Gasteiger partial charge on any atom is -0.355 e. The average molecular weight is 279 g/mol. The molecule has 0 heterocycles. The third-order valence-electron chi connectivity index (χ3n) is 3.19. The minimum absolute atomic E-state index is 0.587. The molecule has 0 aliphatic heterocycles. The van der Waals surface area contributed by atoms with Crippen molar-refractivity contribution in [1.82, 2.24) is 10.2 Å². The van der Waals surface area contributed by atoms with Gasteiger partial charge in [-0.25, -0.2) is 0 Å². The summed E-state index contributed by atoms with van der Waals surface area (Å²) in [6, 6.07) is 8.48. The van der Waals surface area contributed by atoms with Crippen LogP contribution in [0.3, 0.4) is 0 Å². The molecule has 0 spiro atoms. The first-order chi connectivity index (χ1) is 9.08. The first-order valence-corrected chi connectivity index (χ1v) is 7.86. The van der Waals surface area contributed by atoms with Crippen LogP contribution in [-0.2, 0) is 6.54 Å². The van der Waals surface area contributed by atoms with Gasteiger partial charge in [0.25, 0.3) is 0 Å². The summed E-state index contributed by atoms with van der Waals surface area (Å²) in [7, 11) is 3.91. The molecule has 4 heteroatoms. The fourth-order valence-corrected chi connectivity index (χ4v) is 2.07. The number of rotatable bonds is 5. The van der Waals surface area contributed by atoms with E-state index >= 15 is 0 Å². The van der Waals surface area contributed by atoms with Gasteiger partial charge in [0.1, 0.15) is 0 Å². The van der Waals surface area contributed by atoms with Crippen LogP contribution in [0, 0.1) is 6.92 Å².